The van der Waals surface area contributed by atoms with Crippen molar-refractivity contribution in [2.75, 3.05) is 13.1 Å². The van der Waals surface area contributed by atoms with Gasteiger partial charge in [0.05, 0.1) is 6.04 Å². The molecule has 0 radical (unpaired) electrons. The molecule has 1 aromatic rings. The highest BCUT2D eigenvalue weighted by Crippen LogP contribution is 2.32. The second-order valence-corrected chi connectivity index (χ2v) is 7.48. The van der Waals surface area contributed by atoms with Gasteiger partial charge in [0, 0.05) is 13.1 Å². The molecule has 0 aliphatic carbocycles. The van der Waals surface area contributed by atoms with Gasteiger partial charge < -0.3 is 9.64 Å². The molecule has 23 heavy (non-hydrogen) atoms. The van der Waals surface area contributed by atoms with Gasteiger partial charge in [0.2, 0.25) is 0 Å². The molecule has 1 saturated heterocycles. The fraction of sp³-hybridized carbons (Fsp3) is 0.611. The van der Waals surface area contributed by atoms with Crippen LogP contribution in [0.2, 0.25) is 0 Å². The monoisotopic (exact) mass is 319 g/mol. The zero-order valence-corrected chi connectivity index (χ0v) is 14.8. The van der Waals surface area contributed by atoms with Crippen molar-refractivity contribution in [1.82, 2.24) is 10.3 Å². The van der Waals surface area contributed by atoms with Crippen LogP contribution in [0, 0.1) is 19.8 Å². The Morgan fingerprint density at radius 3 is 2.65 bits per heavy atom. The van der Waals surface area contributed by atoms with Gasteiger partial charge in [0.1, 0.15) is 5.60 Å². The average molecular weight is 319 g/mol. The predicted octanol–water partition coefficient (Wildman–Crippen LogP) is 3.06. The molecule has 1 aliphatic heterocycles. The Bertz CT molecular complexity index is 566. The average Bonchev–Trinajstić information content (AvgIpc) is 2.90. The summed E-state index contributed by atoms with van der Waals surface area (Å²) in [4.78, 5) is 14.0. The number of nitrogens with zero attached hydrogens (tertiary/aromatic N) is 1. The van der Waals surface area contributed by atoms with E-state index in [1.165, 1.54) is 16.7 Å². The zero-order valence-electron chi connectivity index (χ0n) is 14.8. The highest BCUT2D eigenvalue weighted by atomic mass is 16.6. The van der Waals surface area contributed by atoms with E-state index in [0.717, 1.165) is 6.42 Å². The van der Waals surface area contributed by atoms with E-state index in [2.05, 4.69) is 37.5 Å². The van der Waals surface area contributed by atoms with Crippen LogP contribution in [0.4, 0.5) is 4.79 Å². The van der Waals surface area contributed by atoms with Crippen LogP contribution in [0.3, 0.4) is 0 Å². The van der Waals surface area contributed by atoms with E-state index >= 15 is 0 Å². The number of hydrogen-bond acceptors (Lipinski definition) is 4. The summed E-state index contributed by atoms with van der Waals surface area (Å²) in [7, 11) is 0. The first-order chi connectivity index (χ1) is 10.7. The maximum Gasteiger partial charge on any atom is 0.410 e. The fourth-order valence-electron chi connectivity index (χ4n) is 3.21. The van der Waals surface area contributed by atoms with Crippen molar-refractivity contribution in [3.63, 3.8) is 0 Å². The Hall–Kier alpha value is -1.59. The topological polar surface area (TPSA) is 67.6 Å². The van der Waals surface area contributed by atoms with Gasteiger partial charge >= 0.3 is 6.09 Å². The summed E-state index contributed by atoms with van der Waals surface area (Å²) in [5.74, 6) is 6.12. The number of hydrogen-bond donors (Lipinski definition) is 2. The summed E-state index contributed by atoms with van der Waals surface area (Å²) in [6.07, 6.45) is 0.679. The summed E-state index contributed by atoms with van der Waals surface area (Å²) in [6.45, 7) is 11.2. The van der Waals surface area contributed by atoms with E-state index < -0.39 is 5.60 Å². The minimum Gasteiger partial charge on any atom is -0.444 e. The van der Waals surface area contributed by atoms with E-state index in [-0.39, 0.29) is 18.1 Å². The van der Waals surface area contributed by atoms with Crippen molar-refractivity contribution in [2.24, 2.45) is 11.8 Å². The summed E-state index contributed by atoms with van der Waals surface area (Å²) in [5.41, 5.74) is 6.15. The Morgan fingerprint density at radius 2 is 2.09 bits per heavy atom. The molecule has 1 heterocycles. The number of nitrogens with two attached hydrogens (primary N) is 1. The number of hydrazine groups is 1. The minimum absolute atomic E-state index is 0.0445. The Labute approximate surface area is 139 Å². The number of likely N-dealkylation sites (tertiary alicyclic amines) is 1. The van der Waals surface area contributed by atoms with Gasteiger partial charge in [0.25, 0.3) is 0 Å². The number of aryl methyl sites for hydroxylation is 2. The Balaban J connectivity index is 2.08. The first-order valence-corrected chi connectivity index (χ1v) is 8.22. The lowest BCUT2D eigenvalue weighted by molar-refractivity contribution is 0.0285. The number of amides is 1. The molecule has 0 spiro atoms. The largest absolute Gasteiger partial charge is 0.444 e. The molecule has 5 heteroatoms. The van der Waals surface area contributed by atoms with Crippen molar-refractivity contribution >= 4 is 6.09 Å². The standard InChI is InChI=1S/C18H29N3O2/c1-12-6-7-15(13(2)10-12)16(20-19)14-8-9-21(11-14)17(22)23-18(3,4)5/h6-7,10,14,16,20H,8-9,11,19H2,1-5H3. The smallest absolute Gasteiger partial charge is 0.410 e. The number of ether oxygens (including phenoxy) is 1. The molecule has 1 fully saturated rings. The van der Waals surface area contributed by atoms with Gasteiger partial charge in [-0.15, -0.1) is 0 Å². The quantitative estimate of drug-likeness (QED) is 0.664. The number of rotatable bonds is 3. The van der Waals surface area contributed by atoms with Crippen LogP contribution in [0.1, 0.15) is 49.9 Å². The number of nitrogens with one attached hydrogen (secondary N) is 1. The highest BCUT2D eigenvalue weighted by Gasteiger charge is 2.34. The summed E-state index contributed by atoms with van der Waals surface area (Å²) in [6, 6.07) is 6.45. The summed E-state index contributed by atoms with van der Waals surface area (Å²) >= 11 is 0. The van der Waals surface area contributed by atoms with Crippen molar-refractivity contribution < 1.29 is 9.53 Å². The maximum atomic E-state index is 12.2. The molecule has 1 aliphatic rings. The van der Waals surface area contributed by atoms with Crippen LogP contribution < -0.4 is 11.3 Å². The van der Waals surface area contributed by atoms with Crippen molar-refractivity contribution in [3.05, 3.63) is 34.9 Å². The van der Waals surface area contributed by atoms with E-state index in [1.54, 1.807) is 4.90 Å². The minimum atomic E-state index is -0.464. The molecule has 0 aromatic heterocycles. The van der Waals surface area contributed by atoms with Crippen molar-refractivity contribution in [1.29, 1.82) is 0 Å². The molecule has 2 unspecified atom stereocenters. The van der Waals surface area contributed by atoms with Crippen LogP contribution in [-0.2, 0) is 4.74 Å². The van der Waals surface area contributed by atoms with Crippen LogP contribution in [0.25, 0.3) is 0 Å². The number of carbonyl (C=O) groups is 1. The van der Waals surface area contributed by atoms with E-state index in [4.69, 9.17) is 10.6 Å². The Morgan fingerprint density at radius 1 is 1.39 bits per heavy atom. The van der Waals surface area contributed by atoms with E-state index in [1.807, 2.05) is 20.8 Å². The third kappa shape index (κ3) is 4.45. The van der Waals surface area contributed by atoms with Gasteiger partial charge in [-0.2, -0.15) is 0 Å². The molecule has 2 atom stereocenters. The van der Waals surface area contributed by atoms with Crippen LogP contribution in [0.5, 0.6) is 0 Å². The van der Waals surface area contributed by atoms with Crippen molar-refractivity contribution in [2.45, 2.75) is 52.7 Å². The molecule has 5 nitrogen and oxygen atoms in total. The third-order valence-corrected chi connectivity index (χ3v) is 4.29. The first-order valence-electron chi connectivity index (χ1n) is 8.22. The Kier molecular flexibility index (Phi) is 5.32. The van der Waals surface area contributed by atoms with E-state index in [9.17, 15) is 4.79 Å². The lowest BCUT2D eigenvalue weighted by Gasteiger charge is -2.27. The molecule has 1 aromatic carbocycles. The lowest BCUT2D eigenvalue weighted by atomic mass is 9.89. The molecular formula is C18H29N3O2. The van der Waals surface area contributed by atoms with Crippen LogP contribution in [0.15, 0.2) is 18.2 Å². The first kappa shape index (κ1) is 17.8. The van der Waals surface area contributed by atoms with Gasteiger partial charge in [-0.25, -0.2) is 4.79 Å². The van der Waals surface area contributed by atoms with Crippen LogP contribution >= 0.6 is 0 Å². The highest BCUT2D eigenvalue weighted by molar-refractivity contribution is 5.68. The number of benzene rings is 1. The summed E-state index contributed by atoms with van der Waals surface area (Å²) in [5, 5.41) is 0. The molecular weight excluding hydrogens is 290 g/mol. The molecule has 0 saturated carbocycles. The second kappa shape index (κ2) is 6.89. The zero-order chi connectivity index (χ0) is 17.2. The van der Waals surface area contributed by atoms with Gasteiger partial charge in [0.15, 0.2) is 0 Å². The van der Waals surface area contributed by atoms with E-state index in [0.29, 0.717) is 13.1 Å². The van der Waals surface area contributed by atoms with Gasteiger partial charge in [-0.1, -0.05) is 23.8 Å². The van der Waals surface area contributed by atoms with Gasteiger partial charge in [-0.3, -0.25) is 11.3 Å². The fourth-order valence-corrected chi connectivity index (χ4v) is 3.21. The summed E-state index contributed by atoms with van der Waals surface area (Å²) < 4.78 is 5.46. The maximum absolute atomic E-state index is 12.2. The molecule has 1 amide bonds. The lowest BCUT2D eigenvalue weighted by Crippen LogP contribution is -2.38. The number of carbonyl (C=O) groups excluding carboxylic acids is 1. The normalized spacial score (nSPS) is 19.7. The molecule has 0 bridgehead atoms. The second-order valence-electron chi connectivity index (χ2n) is 7.48. The predicted molar refractivity (Wildman–Crippen MR) is 91.9 cm³/mol. The SMILES string of the molecule is Cc1ccc(C(NN)C2CCN(C(=O)OC(C)(C)C)C2)c(C)c1. The van der Waals surface area contributed by atoms with Gasteiger partial charge in [-0.05, 0) is 58.1 Å². The van der Waals surface area contributed by atoms with Crippen molar-refractivity contribution in [3.8, 4) is 0 Å². The third-order valence-electron chi connectivity index (χ3n) is 4.29. The molecule has 2 rings (SSSR count). The molecule has 128 valence electrons. The van der Waals surface area contributed by atoms with Crippen LogP contribution in [-0.4, -0.2) is 29.7 Å². The molecule has 3 N–H and O–H groups in total.